The van der Waals surface area contributed by atoms with Crippen molar-refractivity contribution in [2.75, 3.05) is 5.75 Å². The minimum atomic E-state index is -0.663. The zero-order valence-electron chi connectivity index (χ0n) is 7.99. The Morgan fingerprint density at radius 1 is 1.46 bits per heavy atom. The number of carbonyl (C=O) groups is 1. The van der Waals surface area contributed by atoms with Gasteiger partial charge in [0.05, 0.1) is 0 Å². The van der Waals surface area contributed by atoms with Gasteiger partial charge in [-0.3, -0.25) is 4.79 Å². The van der Waals surface area contributed by atoms with Crippen LogP contribution < -0.4 is 0 Å². The van der Waals surface area contributed by atoms with E-state index in [4.69, 9.17) is 5.11 Å². The van der Waals surface area contributed by atoms with E-state index in [0.29, 0.717) is 6.42 Å². The molecule has 2 nitrogen and oxygen atoms in total. The topological polar surface area (TPSA) is 37.3 Å². The number of carboxylic acid groups (broad SMARTS) is 1. The first kappa shape index (κ1) is 13.0. The van der Waals surface area contributed by atoms with Crippen molar-refractivity contribution in [1.82, 2.24) is 0 Å². The van der Waals surface area contributed by atoms with E-state index in [1.807, 2.05) is 21.6 Å². The van der Waals surface area contributed by atoms with Crippen LogP contribution in [0.25, 0.3) is 0 Å². The molecular formula is C9H17O2S2+. The first-order valence-corrected chi connectivity index (χ1v) is 6.67. The van der Waals surface area contributed by atoms with Gasteiger partial charge in [-0.15, -0.1) is 0 Å². The first-order valence-electron chi connectivity index (χ1n) is 4.29. The van der Waals surface area contributed by atoms with E-state index in [2.05, 4.69) is 0 Å². The molecule has 0 radical (unpaired) electrons. The summed E-state index contributed by atoms with van der Waals surface area (Å²) in [5.74, 6) is 0.609. The summed E-state index contributed by atoms with van der Waals surface area (Å²) < 4.78 is 0. The largest absolute Gasteiger partial charge is 0.481 e. The molecule has 0 unspecified atom stereocenters. The molecule has 1 aliphatic rings. The average Bonchev–Trinajstić information content (AvgIpc) is 2.49. The minimum Gasteiger partial charge on any atom is -0.481 e. The number of rotatable bonds is 5. The Labute approximate surface area is 88.3 Å². The fourth-order valence-electron chi connectivity index (χ4n) is 1.21. The van der Waals surface area contributed by atoms with E-state index in [9.17, 15) is 4.79 Å². The molecule has 0 aliphatic carbocycles. The molecule has 1 rings (SSSR count). The maximum atomic E-state index is 10.2. The summed E-state index contributed by atoms with van der Waals surface area (Å²) in [5, 5.41) is 9.19. The van der Waals surface area contributed by atoms with Crippen LogP contribution in [0.5, 0.6) is 0 Å². The molecule has 4 heteroatoms. The lowest BCUT2D eigenvalue weighted by Crippen LogP contribution is -1.99. The van der Waals surface area contributed by atoms with Crippen LogP contribution in [0.15, 0.2) is 0 Å². The van der Waals surface area contributed by atoms with Crippen molar-refractivity contribution in [3.05, 3.63) is 7.43 Å². The highest BCUT2D eigenvalue weighted by atomic mass is 33.1. The molecule has 76 valence electrons. The Morgan fingerprint density at radius 3 is 2.77 bits per heavy atom. The van der Waals surface area contributed by atoms with Crippen molar-refractivity contribution in [1.29, 1.82) is 0 Å². The number of unbranched alkanes of at least 4 members (excludes halogenated alkanes) is 1. The van der Waals surface area contributed by atoms with Crippen LogP contribution in [-0.4, -0.2) is 22.1 Å². The van der Waals surface area contributed by atoms with Crippen molar-refractivity contribution < 1.29 is 9.90 Å². The summed E-state index contributed by atoms with van der Waals surface area (Å²) in [6, 6.07) is 0. The second-order valence-electron chi connectivity index (χ2n) is 2.97. The molecule has 13 heavy (non-hydrogen) atoms. The predicted octanol–water partition coefficient (Wildman–Crippen LogP) is 3.24. The molecule has 1 fully saturated rings. The third kappa shape index (κ3) is 6.16. The van der Waals surface area contributed by atoms with Crippen LogP contribution in [-0.2, 0) is 4.79 Å². The van der Waals surface area contributed by atoms with Crippen molar-refractivity contribution in [2.24, 2.45) is 0 Å². The summed E-state index contributed by atoms with van der Waals surface area (Å²) >= 11 is 0. The normalized spacial score (nSPS) is 21.1. The Morgan fingerprint density at radius 2 is 2.23 bits per heavy atom. The van der Waals surface area contributed by atoms with Crippen molar-refractivity contribution >= 4 is 27.6 Å². The van der Waals surface area contributed by atoms with E-state index in [-0.39, 0.29) is 7.43 Å². The Kier molecular flexibility index (Phi) is 7.47. The summed E-state index contributed by atoms with van der Waals surface area (Å²) in [6.45, 7) is 0. The number of aliphatic carboxylic acids is 1. The lowest BCUT2D eigenvalue weighted by Gasteiger charge is -2.04. The van der Waals surface area contributed by atoms with E-state index in [0.717, 1.165) is 18.1 Å². The lowest BCUT2D eigenvalue weighted by atomic mass is 10.1. The molecule has 1 N–H and O–H groups in total. The number of carboxylic acids is 1. The smallest absolute Gasteiger partial charge is 0.303 e. The molecule has 0 aromatic rings. The van der Waals surface area contributed by atoms with Crippen LogP contribution in [0.3, 0.4) is 0 Å². The molecule has 0 aromatic heterocycles. The SMILES string of the molecule is O=C(O)CCCC[C@H]1CCSS1.[CH3+]. The minimum absolute atomic E-state index is 0. The third-order valence-electron chi connectivity index (χ3n) is 1.89. The highest BCUT2D eigenvalue weighted by Crippen LogP contribution is 2.39. The first-order chi connectivity index (χ1) is 5.79. The van der Waals surface area contributed by atoms with Crippen LogP contribution in [0, 0.1) is 7.43 Å². The van der Waals surface area contributed by atoms with Crippen LogP contribution in [0.4, 0.5) is 0 Å². The van der Waals surface area contributed by atoms with Gasteiger partial charge in [-0.05, 0) is 19.3 Å². The predicted molar refractivity (Wildman–Crippen MR) is 61.0 cm³/mol. The molecule has 0 amide bonds. The van der Waals surface area contributed by atoms with Gasteiger partial charge in [0.25, 0.3) is 0 Å². The van der Waals surface area contributed by atoms with Gasteiger partial charge in [-0.25, -0.2) is 0 Å². The van der Waals surface area contributed by atoms with E-state index in [1.165, 1.54) is 18.6 Å². The average molecular weight is 221 g/mol. The van der Waals surface area contributed by atoms with Gasteiger partial charge in [0.2, 0.25) is 0 Å². The Hall–Kier alpha value is 0.0400. The maximum absolute atomic E-state index is 10.2. The van der Waals surface area contributed by atoms with Crippen molar-refractivity contribution in [3.8, 4) is 0 Å². The van der Waals surface area contributed by atoms with Crippen LogP contribution >= 0.6 is 21.6 Å². The number of hydrogen-bond donors (Lipinski definition) is 1. The molecule has 1 atom stereocenters. The van der Waals surface area contributed by atoms with Gasteiger partial charge >= 0.3 is 5.97 Å². The summed E-state index contributed by atoms with van der Waals surface area (Å²) in [5.41, 5.74) is 0. The lowest BCUT2D eigenvalue weighted by molar-refractivity contribution is -0.137. The quantitative estimate of drug-likeness (QED) is 0.439. The highest BCUT2D eigenvalue weighted by molar-refractivity contribution is 8.77. The maximum Gasteiger partial charge on any atom is 0.303 e. The van der Waals surface area contributed by atoms with E-state index in [1.54, 1.807) is 0 Å². The molecule has 1 heterocycles. The fraction of sp³-hybridized carbons (Fsp3) is 0.778. The summed E-state index contributed by atoms with van der Waals surface area (Å²) in [7, 11) is 3.92. The zero-order valence-corrected chi connectivity index (χ0v) is 9.62. The van der Waals surface area contributed by atoms with Gasteiger partial charge in [0.1, 0.15) is 0 Å². The van der Waals surface area contributed by atoms with Gasteiger partial charge in [-0.1, -0.05) is 28.0 Å². The third-order valence-corrected chi connectivity index (χ3v) is 4.90. The van der Waals surface area contributed by atoms with Crippen LogP contribution in [0.1, 0.15) is 32.1 Å². The van der Waals surface area contributed by atoms with Gasteiger partial charge in [0, 0.05) is 24.9 Å². The second kappa shape index (κ2) is 7.44. The van der Waals surface area contributed by atoms with Gasteiger partial charge in [0.15, 0.2) is 0 Å². The standard InChI is InChI=1S/C8H14O2S2.CH3/c9-8(10)4-2-1-3-7-5-6-11-12-7;/h7H,1-6H2,(H,9,10);1H3/q;+1/t7-;/m0./s1. The molecule has 1 saturated heterocycles. The summed E-state index contributed by atoms with van der Waals surface area (Å²) in [6.07, 6.45) is 4.76. The van der Waals surface area contributed by atoms with Gasteiger partial charge in [-0.2, -0.15) is 0 Å². The Balaban J connectivity index is 0.00000144. The zero-order chi connectivity index (χ0) is 8.81. The molecular weight excluding hydrogens is 204 g/mol. The highest BCUT2D eigenvalue weighted by Gasteiger charge is 2.15. The molecule has 0 aromatic carbocycles. The molecule has 0 saturated carbocycles. The molecule has 1 aliphatic heterocycles. The molecule has 0 bridgehead atoms. The van der Waals surface area contributed by atoms with E-state index < -0.39 is 5.97 Å². The molecule has 0 spiro atoms. The van der Waals surface area contributed by atoms with Crippen LogP contribution in [0.2, 0.25) is 0 Å². The number of hydrogen-bond acceptors (Lipinski definition) is 3. The monoisotopic (exact) mass is 221 g/mol. The van der Waals surface area contributed by atoms with E-state index >= 15 is 0 Å². The fourth-order valence-corrected chi connectivity index (χ4v) is 4.24. The Bertz CT molecular complexity index is 145. The summed E-state index contributed by atoms with van der Waals surface area (Å²) in [4.78, 5) is 10.2. The van der Waals surface area contributed by atoms with Crippen molar-refractivity contribution in [3.63, 3.8) is 0 Å². The van der Waals surface area contributed by atoms with Crippen molar-refractivity contribution in [2.45, 2.75) is 37.4 Å². The van der Waals surface area contributed by atoms with Gasteiger partial charge < -0.3 is 5.11 Å². The second-order valence-corrected chi connectivity index (χ2v) is 5.76.